The first-order valence-electron chi connectivity index (χ1n) is 30.9. The Morgan fingerprint density at radius 2 is 0.888 bits per heavy atom. The highest BCUT2D eigenvalue weighted by atomic mass is 32.1. The lowest BCUT2D eigenvalue weighted by atomic mass is 10.0. The summed E-state index contributed by atoms with van der Waals surface area (Å²) in [5.41, 5.74) is 6.24. The minimum Gasteiger partial charge on any atom is -0.508 e. The fourth-order valence-electron chi connectivity index (χ4n) is 9.39. The molecular formula is C59H94N14O23S11. The Hall–Kier alpha value is -6.71. The first-order valence-corrected chi connectivity index (χ1v) is 34.7. The van der Waals surface area contributed by atoms with Crippen molar-refractivity contribution in [2.75, 3.05) is 47.6 Å². The molecule has 1 saturated heterocycles. The molecule has 13 atom stereocenters. The minimum absolute atomic E-state index is 0. The maximum atomic E-state index is 14.2. The van der Waals surface area contributed by atoms with Crippen LogP contribution < -0.4 is 69.5 Å². The maximum Gasteiger partial charge on any atom is 0.326 e. The Balaban J connectivity index is -0.0000216. The Morgan fingerprint density at radius 3 is 1.32 bits per heavy atom. The number of likely N-dealkylation sites (tertiary alicyclic amines) is 1. The van der Waals surface area contributed by atoms with Gasteiger partial charge in [-0.05, 0) is 68.5 Å². The van der Waals surface area contributed by atoms with Crippen molar-refractivity contribution in [2.24, 2.45) is 5.73 Å². The second kappa shape index (κ2) is 51.6. The molecule has 1 fully saturated rings. The third-order valence-corrected chi connectivity index (χ3v) is 17.3. The molecule has 604 valence electrons. The van der Waals surface area contributed by atoms with Crippen molar-refractivity contribution in [1.82, 2.24) is 68.7 Å². The summed E-state index contributed by atoms with van der Waals surface area (Å²) in [5.74, 6) is -24.5. The molecule has 2 aromatic carbocycles. The number of primary amides is 1. The fraction of sp³-hybridized carbons (Fsp3) is 0.525. The molecule has 0 spiro atoms. The van der Waals surface area contributed by atoms with E-state index in [4.69, 9.17) is 5.73 Å². The van der Waals surface area contributed by atoms with Crippen LogP contribution in [-0.2, 0) is 89.6 Å². The standard InChI is InChI=1S/C59H84N14O23S6.5H2S/c1-26(46(81)68-39(23-100)53(88)72-45(27(2)74)55(90)61-19-43(78)63-36(20-97)49(84)67-35(57(92)93)17-29-7-11-31(76)12-8-29)62-54(89)41-4-3-15-73(41)56(91)34(18-42(60)77)66-50(85)37(21-98)70-51(86)38(22-99)69-48(83)33(16-28-5-9-30(75)10-6-28)65-47(82)32(13-14-44(79)80)64-52(87)40(24-101)71-58(94)59(95,96)25-102;;;;;/h5-12,26-27,32-41,45,74-76,95-102H,3-4,13-25H2,1-2H3,(H2,60,77)(H,61,90)(H,62,89)(H,63,78)(H,64,87)(H,65,82)(H,66,85)(H,67,84)(H,68,81)(H,69,83)(H,70,86)(H,71,94)(H,72,88)(H,79,80)(H,92,93);5*1H2/t26?,27-,32+,33+,34+,35+,36?,37+,38+,39+,40+,41+,45+;;;;;/m1...../s1. The zero-order chi connectivity index (χ0) is 76.9. The number of phenols is 2. The normalized spacial score (nSPS) is 15.4. The van der Waals surface area contributed by atoms with Crippen molar-refractivity contribution in [3.63, 3.8) is 0 Å². The molecule has 0 bridgehead atoms. The number of benzene rings is 2. The number of carboxylic acid groups (broad SMARTS) is 2. The van der Waals surface area contributed by atoms with Crippen LogP contribution in [0.25, 0.3) is 0 Å². The molecule has 1 aliphatic heterocycles. The second-order valence-corrected chi connectivity index (χ2v) is 25.2. The average molecular weight is 1720 g/mol. The number of nitrogens with zero attached hydrogens (tertiary/aromatic N) is 1. The number of nitrogens with one attached hydrogen (secondary N) is 12. The number of hydrogen-bond donors (Lipinski definition) is 26. The number of carbonyl (C=O) groups is 16. The lowest BCUT2D eigenvalue weighted by Crippen LogP contribution is -2.62. The molecular weight excluding hydrogens is 1630 g/mol. The van der Waals surface area contributed by atoms with Gasteiger partial charge in [-0.3, -0.25) is 71.9 Å². The molecule has 1 heterocycles. The smallest absolute Gasteiger partial charge is 0.326 e. The van der Waals surface area contributed by atoms with E-state index in [1.165, 1.54) is 55.5 Å². The molecule has 2 unspecified atom stereocenters. The first-order chi connectivity index (χ1) is 47.9. The van der Waals surface area contributed by atoms with E-state index in [1.807, 2.05) is 5.32 Å². The van der Waals surface area contributed by atoms with Crippen LogP contribution in [0.4, 0.5) is 0 Å². The van der Waals surface area contributed by atoms with Crippen LogP contribution in [-0.4, -0.2) is 267 Å². The predicted molar refractivity (Wildman–Crippen MR) is 430 cm³/mol. The number of aliphatic carboxylic acids is 2. The van der Waals surface area contributed by atoms with Gasteiger partial charge in [0.15, 0.2) is 0 Å². The van der Waals surface area contributed by atoms with Crippen LogP contribution in [0.15, 0.2) is 48.5 Å². The maximum absolute atomic E-state index is 14.2. The van der Waals surface area contributed by atoms with E-state index in [1.54, 1.807) is 0 Å². The third kappa shape index (κ3) is 34.8. The lowest BCUT2D eigenvalue weighted by Gasteiger charge is -2.30. The Morgan fingerprint density at radius 1 is 0.505 bits per heavy atom. The largest absolute Gasteiger partial charge is 0.508 e. The van der Waals surface area contributed by atoms with Gasteiger partial charge in [-0.2, -0.15) is 143 Å². The van der Waals surface area contributed by atoms with E-state index in [9.17, 15) is 112 Å². The zero-order valence-electron chi connectivity index (χ0n) is 57.1. The number of rotatable bonds is 42. The number of aromatic hydroxyl groups is 2. The number of amides is 14. The van der Waals surface area contributed by atoms with E-state index in [0.29, 0.717) is 11.1 Å². The summed E-state index contributed by atoms with van der Waals surface area (Å²) < 4.78 is 0. The molecule has 0 saturated carbocycles. The molecule has 2 aromatic rings. The average Bonchev–Trinajstić information content (AvgIpc) is 1.73. The van der Waals surface area contributed by atoms with E-state index < -0.39 is 234 Å². The molecule has 0 aliphatic carbocycles. The molecule has 48 heteroatoms. The van der Waals surface area contributed by atoms with Gasteiger partial charge in [0.1, 0.15) is 84.0 Å². The number of nitrogens with two attached hydrogens (primary N) is 1. The van der Waals surface area contributed by atoms with Crippen LogP contribution >= 0.6 is 143 Å². The molecule has 3 rings (SSSR count). The van der Waals surface area contributed by atoms with Crippen molar-refractivity contribution < 1.29 is 112 Å². The van der Waals surface area contributed by atoms with Gasteiger partial charge in [-0.1, -0.05) is 24.3 Å². The Labute approximate surface area is 681 Å². The number of carboxylic acids is 2. The highest BCUT2D eigenvalue weighted by Gasteiger charge is 2.42. The van der Waals surface area contributed by atoms with Crippen LogP contribution in [0.5, 0.6) is 11.5 Å². The molecule has 37 nitrogen and oxygen atoms in total. The van der Waals surface area contributed by atoms with E-state index in [0.717, 1.165) is 11.8 Å². The molecule has 14 amide bonds. The fourth-order valence-corrected chi connectivity index (χ4v) is 10.8. The Bertz CT molecular complexity index is 3360. The summed E-state index contributed by atoms with van der Waals surface area (Å²) in [5, 5.41) is 96.3. The van der Waals surface area contributed by atoms with Gasteiger partial charge in [0.2, 0.25) is 76.8 Å². The Kier molecular flexibility index (Phi) is 50.4. The van der Waals surface area contributed by atoms with Crippen LogP contribution in [0.1, 0.15) is 57.1 Å². The number of thiol groups is 6. The van der Waals surface area contributed by atoms with Gasteiger partial charge < -0.3 is 110 Å². The summed E-state index contributed by atoms with van der Waals surface area (Å²) in [6, 6.07) is -8.43. The highest BCUT2D eigenvalue weighted by Crippen LogP contribution is 2.21. The minimum atomic E-state index is -3.04. The SMILES string of the molecule is CC(NC(=O)[C@@H]1CCCN1C(=O)[C@H](CC(N)=O)NC(=O)[C@H](CS)NC(=O)[C@H](CS)NC(=O)[C@H](Cc1ccc(O)cc1)NC(=O)[C@H](CCC(=O)O)NC(=O)[C@H](CS)NC(=O)C(O)(O)CS)C(=O)N[C@@H](CS)C(=O)N[C@H](C(=O)NCC(=O)NC(CS)C(=O)N[C@@H](Cc1ccc(O)cc1)C(=O)O)[C@@H](C)O.S.S.S.S.S. The number of phenolic OH excluding ortho intramolecular Hbond substituents is 2. The molecule has 0 aromatic heterocycles. The van der Waals surface area contributed by atoms with Crippen molar-refractivity contribution >= 4 is 238 Å². The summed E-state index contributed by atoms with van der Waals surface area (Å²) >= 11 is 24.2. The predicted octanol–water partition coefficient (Wildman–Crippen LogP) is -7.63. The van der Waals surface area contributed by atoms with Crippen LogP contribution in [0.3, 0.4) is 0 Å². The molecule has 1 aliphatic rings. The number of hydrogen-bond acceptors (Lipinski definition) is 27. The van der Waals surface area contributed by atoms with Crippen molar-refractivity contribution in [1.29, 1.82) is 0 Å². The number of carbonyl (C=O) groups excluding carboxylic acids is 14. The van der Waals surface area contributed by atoms with Gasteiger partial charge >= 0.3 is 11.9 Å². The summed E-state index contributed by atoms with van der Waals surface area (Å²) in [6.07, 6.45) is -4.24. The third-order valence-electron chi connectivity index (χ3n) is 15.0. The summed E-state index contributed by atoms with van der Waals surface area (Å²) in [6.45, 7) is 1.35. The van der Waals surface area contributed by atoms with Gasteiger partial charge in [0.25, 0.3) is 11.7 Å². The monoisotopic (exact) mass is 1720 g/mol. The first kappa shape index (κ1) is 104. The van der Waals surface area contributed by atoms with Crippen molar-refractivity contribution in [2.45, 2.75) is 143 Å². The van der Waals surface area contributed by atoms with Gasteiger partial charge in [0, 0.05) is 54.6 Å². The second-order valence-electron chi connectivity index (χ2n) is 23.0. The van der Waals surface area contributed by atoms with Gasteiger partial charge in [0.05, 0.1) is 24.8 Å². The summed E-state index contributed by atoms with van der Waals surface area (Å²) in [4.78, 5) is 213. The van der Waals surface area contributed by atoms with E-state index in [2.05, 4.69) is 134 Å². The quantitative estimate of drug-likeness (QED) is 0.0217. The topological polar surface area (TPSA) is 588 Å². The van der Waals surface area contributed by atoms with Gasteiger partial charge in [-0.25, -0.2) is 4.79 Å². The van der Waals surface area contributed by atoms with E-state index >= 15 is 0 Å². The van der Waals surface area contributed by atoms with Crippen molar-refractivity contribution in [3.8, 4) is 11.5 Å². The summed E-state index contributed by atoms with van der Waals surface area (Å²) in [7, 11) is 0. The molecule has 0 radical (unpaired) electrons. The zero-order valence-corrected chi connectivity index (χ0v) is 67.5. The van der Waals surface area contributed by atoms with Crippen LogP contribution in [0.2, 0.25) is 0 Å². The highest BCUT2D eigenvalue weighted by molar-refractivity contribution is 7.81. The number of aliphatic hydroxyl groups is 3. The van der Waals surface area contributed by atoms with Gasteiger partial charge in [-0.15, -0.1) is 0 Å². The van der Waals surface area contributed by atoms with Crippen LogP contribution in [0, 0.1) is 0 Å². The molecule has 107 heavy (non-hydrogen) atoms. The van der Waals surface area contributed by atoms with Crippen molar-refractivity contribution in [3.05, 3.63) is 59.7 Å². The molecule has 21 N–H and O–H groups in total. The number of aliphatic hydroxyl groups excluding tert-OH is 1. The van der Waals surface area contributed by atoms with E-state index in [-0.39, 0.29) is 117 Å². The lowest BCUT2D eigenvalue weighted by molar-refractivity contribution is -0.177.